The molecule has 1 fully saturated rings. The van der Waals surface area contributed by atoms with Gasteiger partial charge in [-0.05, 0) is 42.5 Å². The van der Waals surface area contributed by atoms with Gasteiger partial charge in [0.1, 0.15) is 29.8 Å². The van der Waals surface area contributed by atoms with E-state index in [-0.39, 0.29) is 17.7 Å². The number of carbonyl (C=O) groups is 1. The largest absolute Gasteiger partial charge is 0.464 e. The number of nitrogens with one attached hydrogen (secondary N) is 2. The lowest BCUT2D eigenvalue weighted by molar-refractivity contribution is -0.148. The number of imidazole rings is 1. The molecule has 0 radical (unpaired) electrons. The predicted octanol–water partition coefficient (Wildman–Crippen LogP) is 4.82. The van der Waals surface area contributed by atoms with Crippen LogP contribution >= 0.6 is 6.64 Å². The van der Waals surface area contributed by atoms with E-state index < -0.39 is 49.4 Å². The van der Waals surface area contributed by atoms with E-state index in [0.29, 0.717) is 22.9 Å². The number of hydrogen-bond donors (Lipinski definition) is 3. The highest BCUT2D eigenvalue weighted by Crippen LogP contribution is 2.49. The van der Waals surface area contributed by atoms with E-state index in [1.165, 1.54) is 10.9 Å². The number of rotatable bonds is 11. The van der Waals surface area contributed by atoms with Crippen LogP contribution in [-0.2, 0) is 30.6 Å². The quantitative estimate of drug-likeness (QED) is 0.113. The maximum Gasteiger partial charge on any atom is 0.323 e. The van der Waals surface area contributed by atoms with Crippen molar-refractivity contribution < 1.29 is 32.8 Å². The summed E-state index contributed by atoms with van der Waals surface area (Å²) in [4.78, 5) is 26.0. The lowest BCUT2D eigenvalue weighted by Crippen LogP contribution is -2.42. The van der Waals surface area contributed by atoms with Crippen LogP contribution in [0.2, 0.25) is 0 Å². The van der Waals surface area contributed by atoms with Gasteiger partial charge >= 0.3 is 12.6 Å². The van der Waals surface area contributed by atoms with Crippen molar-refractivity contribution in [2.45, 2.75) is 64.8 Å². The van der Waals surface area contributed by atoms with Crippen LogP contribution < -0.4 is 14.9 Å². The van der Waals surface area contributed by atoms with Crippen LogP contribution in [0.25, 0.3) is 21.9 Å². The highest BCUT2D eigenvalue weighted by atomic mass is 32.5. The van der Waals surface area contributed by atoms with Crippen molar-refractivity contribution in [3.8, 4) is 18.1 Å². The number of carbonyl (C=O) groups excluding carboxylic acids is 1. The number of nitrogens with zero attached hydrogens (tertiary/aromatic N) is 4. The second-order valence-electron chi connectivity index (χ2n) is 12.5. The zero-order chi connectivity index (χ0) is 34.1. The van der Waals surface area contributed by atoms with Crippen molar-refractivity contribution in [3.05, 3.63) is 54.6 Å². The molecule has 0 aliphatic carbocycles. The van der Waals surface area contributed by atoms with E-state index in [4.69, 9.17) is 36.8 Å². The lowest BCUT2D eigenvalue weighted by Gasteiger charge is -2.28. The number of alkyl halides is 1. The third-order valence-electron chi connectivity index (χ3n) is 7.42. The van der Waals surface area contributed by atoms with E-state index in [2.05, 4.69) is 31.3 Å². The van der Waals surface area contributed by atoms with Gasteiger partial charge in [0.25, 0.3) is 0 Å². The Labute approximate surface area is 277 Å². The normalized spacial score (nSPS) is 23.3. The molecule has 1 aliphatic heterocycles. The summed E-state index contributed by atoms with van der Waals surface area (Å²) >= 11 is 5.91. The van der Waals surface area contributed by atoms with Crippen molar-refractivity contribution in [2.75, 3.05) is 25.6 Å². The highest BCUT2D eigenvalue weighted by molar-refractivity contribution is 8.09. The van der Waals surface area contributed by atoms with Crippen LogP contribution in [0.4, 0.5) is 10.2 Å². The predicted molar refractivity (Wildman–Crippen MR) is 180 cm³/mol. The van der Waals surface area contributed by atoms with Gasteiger partial charge in [0.15, 0.2) is 23.2 Å². The molecular weight excluding hydrogens is 646 g/mol. The first-order chi connectivity index (χ1) is 22.2. The summed E-state index contributed by atoms with van der Waals surface area (Å²) in [5.74, 6) is 2.75. The smallest absolute Gasteiger partial charge is 0.323 e. The molecule has 4 aromatic rings. The molecule has 3 heterocycles. The van der Waals surface area contributed by atoms with Gasteiger partial charge in [-0.25, -0.2) is 24.4 Å². The van der Waals surface area contributed by atoms with E-state index in [9.17, 15) is 9.90 Å². The molecule has 0 amide bonds. The van der Waals surface area contributed by atoms with Crippen molar-refractivity contribution in [3.63, 3.8) is 0 Å². The Morgan fingerprint density at radius 3 is 2.70 bits per heavy atom. The Hall–Kier alpha value is -3.70. The van der Waals surface area contributed by atoms with Gasteiger partial charge in [-0.1, -0.05) is 63.1 Å². The molecule has 0 spiro atoms. The molecular formula is C32H38FN6O6PS. The highest BCUT2D eigenvalue weighted by Gasteiger charge is 2.58. The van der Waals surface area contributed by atoms with Crippen molar-refractivity contribution in [1.29, 1.82) is 0 Å². The standard InChI is InChI=1S/C32H38FN6O6PS/c1-8-32(33)26(40)24(44-30(32)39-18-35-25-27(34-7)36-20(3)37-28(25)39)16-43-46(47,38-19(2)29(41)42-17-31(4,5)6)45-23-15-11-13-21-12-9-10-14-22(21)23/h1,9-15,18-19,24,26,30,40H,16-17H2,2-7H3,(H,38,47)(H,34,36,37)/t19-,24+,26+,30+,32+,46+/m0/s1. The molecule has 3 N–H and O–H groups in total. The first kappa shape index (κ1) is 34.6. The van der Waals surface area contributed by atoms with Gasteiger partial charge in [-0.2, -0.15) is 0 Å². The molecule has 6 atom stereocenters. The van der Waals surface area contributed by atoms with Crippen LogP contribution in [0.5, 0.6) is 5.75 Å². The monoisotopic (exact) mass is 684 g/mol. The lowest BCUT2D eigenvalue weighted by atomic mass is 9.97. The maximum absolute atomic E-state index is 16.5. The molecule has 5 rings (SSSR count). The SMILES string of the molecule is C#C[C@@]1(F)[C@H](O)[C@@H](CO[P@](=S)(N[C@@H](C)C(=O)OCC(C)(C)C)Oc2cccc3ccccc23)O[C@H]1n1cnc2c(NC)nc(C)nc21. The Morgan fingerprint density at radius 2 is 2.00 bits per heavy atom. The minimum absolute atomic E-state index is 0.184. The number of anilines is 1. The third kappa shape index (κ3) is 7.26. The number of ether oxygens (including phenoxy) is 2. The van der Waals surface area contributed by atoms with Gasteiger partial charge in [0, 0.05) is 12.4 Å². The number of aromatic nitrogens is 4. The van der Waals surface area contributed by atoms with Crippen molar-refractivity contribution in [2.24, 2.45) is 5.41 Å². The molecule has 0 unspecified atom stereocenters. The number of aryl methyl sites for hydroxylation is 1. The second kappa shape index (κ2) is 13.4. The summed E-state index contributed by atoms with van der Waals surface area (Å²) in [6.07, 6.45) is 2.33. The van der Waals surface area contributed by atoms with Crippen LogP contribution in [-0.4, -0.2) is 74.8 Å². The number of halogens is 1. The van der Waals surface area contributed by atoms with Gasteiger partial charge in [-0.3, -0.25) is 9.36 Å². The average Bonchev–Trinajstić information content (AvgIpc) is 3.56. The Balaban J connectivity index is 1.43. The van der Waals surface area contributed by atoms with Gasteiger partial charge < -0.3 is 28.9 Å². The summed E-state index contributed by atoms with van der Waals surface area (Å²) in [5, 5.41) is 18.8. The molecule has 250 valence electrons. The molecule has 0 saturated carbocycles. The number of aliphatic hydroxyl groups excluding tert-OH is 1. The van der Waals surface area contributed by atoms with E-state index >= 15 is 4.39 Å². The zero-order valence-electron chi connectivity index (χ0n) is 26.9. The topological polar surface area (TPSA) is 142 Å². The molecule has 0 bridgehead atoms. The molecule has 47 heavy (non-hydrogen) atoms. The van der Waals surface area contributed by atoms with Crippen molar-refractivity contribution >= 4 is 52.2 Å². The number of terminal acetylenes is 1. The van der Waals surface area contributed by atoms with E-state index in [1.807, 2.05) is 51.1 Å². The fraction of sp³-hybridized carbons (Fsp3) is 0.438. The first-order valence-electron chi connectivity index (χ1n) is 14.9. The average molecular weight is 685 g/mol. The van der Waals surface area contributed by atoms with Gasteiger partial charge in [-0.15, -0.1) is 6.42 Å². The number of aliphatic hydroxyl groups is 1. The van der Waals surface area contributed by atoms with Crippen molar-refractivity contribution in [1.82, 2.24) is 24.6 Å². The Bertz CT molecular complexity index is 1870. The van der Waals surface area contributed by atoms with Gasteiger partial charge in [0.05, 0.1) is 19.5 Å². The first-order valence-corrected chi connectivity index (χ1v) is 17.6. The minimum atomic E-state index is -3.62. The second-order valence-corrected chi connectivity index (χ2v) is 15.6. The third-order valence-corrected chi connectivity index (χ3v) is 9.90. The number of fused-ring (bicyclic) bond motifs is 2. The van der Waals surface area contributed by atoms with E-state index in [0.717, 1.165) is 10.8 Å². The summed E-state index contributed by atoms with van der Waals surface area (Å²) in [6.45, 7) is 5.21. The van der Waals surface area contributed by atoms with Crippen LogP contribution in [0.15, 0.2) is 48.8 Å². The Morgan fingerprint density at radius 1 is 1.28 bits per heavy atom. The fourth-order valence-electron chi connectivity index (χ4n) is 5.05. The summed E-state index contributed by atoms with van der Waals surface area (Å²) in [7, 11) is 1.67. The molecule has 15 heteroatoms. The number of esters is 1. The number of hydrogen-bond acceptors (Lipinski definition) is 11. The molecule has 1 aliphatic rings. The fourth-order valence-corrected chi connectivity index (χ4v) is 7.47. The summed E-state index contributed by atoms with van der Waals surface area (Å²) < 4.78 is 41.8. The maximum atomic E-state index is 16.5. The molecule has 1 saturated heterocycles. The molecule has 12 nitrogen and oxygen atoms in total. The van der Waals surface area contributed by atoms with Crippen LogP contribution in [0, 0.1) is 24.7 Å². The van der Waals surface area contributed by atoms with Crippen LogP contribution in [0.1, 0.15) is 39.7 Å². The molecule has 2 aromatic heterocycles. The van der Waals surface area contributed by atoms with Gasteiger partial charge in [0.2, 0.25) is 5.67 Å². The minimum Gasteiger partial charge on any atom is -0.464 e. The summed E-state index contributed by atoms with van der Waals surface area (Å²) in [5.41, 5.74) is -2.33. The Kier molecular flexibility index (Phi) is 9.89. The summed E-state index contributed by atoms with van der Waals surface area (Å²) in [6, 6.07) is 12.0. The number of benzene rings is 2. The van der Waals surface area contributed by atoms with E-state index in [1.54, 1.807) is 33.0 Å². The van der Waals surface area contributed by atoms with Crippen LogP contribution in [0.3, 0.4) is 0 Å². The zero-order valence-corrected chi connectivity index (χ0v) is 28.6. The molecule has 2 aromatic carbocycles.